The molecule has 2 N–H and O–H groups in total. The molecule has 0 aromatic rings. The number of likely N-dealkylation sites (tertiary alicyclic amines) is 1. The number of alkyl halides is 2. The van der Waals surface area contributed by atoms with Crippen molar-refractivity contribution in [3.63, 3.8) is 0 Å². The van der Waals surface area contributed by atoms with Gasteiger partial charge in [0.05, 0.1) is 6.04 Å². The highest BCUT2D eigenvalue weighted by atomic mass is 19.3. The molecule has 0 aromatic heterocycles. The monoisotopic (exact) mass is 232 g/mol. The van der Waals surface area contributed by atoms with Crippen molar-refractivity contribution in [2.75, 3.05) is 13.1 Å². The van der Waals surface area contributed by atoms with Gasteiger partial charge in [0, 0.05) is 25.4 Å². The standard InChI is InChI=1S/C11H18F2N2O/c1-7(14)10(16)15-5-8-3-2-4-11(12,13)9(8)6-15/h7-9H,2-6,14H2,1H3/t7-,8-,9-/m0/s1. The Morgan fingerprint density at radius 3 is 2.75 bits per heavy atom. The number of amides is 1. The summed E-state index contributed by atoms with van der Waals surface area (Å²) < 4.78 is 27.3. The largest absolute Gasteiger partial charge is 0.341 e. The van der Waals surface area contributed by atoms with E-state index in [-0.39, 0.29) is 24.8 Å². The SMILES string of the molecule is C[C@H](N)C(=O)N1C[C@@H]2CCCC(F)(F)[C@H]2C1. The first-order chi connectivity index (χ1) is 7.42. The van der Waals surface area contributed by atoms with Crippen molar-refractivity contribution >= 4 is 5.91 Å². The van der Waals surface area contributed by atoms with Crippen LogP contribution in [0.4, 0.5) is 8.78 Å². The Labute approximate surface area is 94.0 Å². The molecule has 0 unspecified atom stereocenters. The molecule has 0 bridgehead atoms. The van der Waals surface area contributed by atoms with Gasteiger partial charge in [-0.05, 0) is 25.7 Å². The van der Waals surface area contributed by atoms with Crippen LogP contribution in [0.5, 0.6) is 0 Å². The molecule has 2 fully saturated rings. The predicted molar refractivity (Wildman–Crippen MR) is 56.0 cm³/mol. The van der Waals surface area contributed by atoms with Gasteiger partial charge in [-0.3, -0.25) is 4.79 Å². The van der Waals surface area contributed by atoms with Gasteiger partial charge in [-0.1, -0.05) is 0 Å². The van der Waals surface area contributed by atoms with Gasteiger partial charge in [0.2, 0.25) is 5.91 Å². The lowest BCUT2D eigenvalue weighted by molar-refractivity contribution is -0.132. The molecule has 1 amide bonds. The fraction of sp³-hybridized carbons (Fsp3) is 0.909. The van der Waals surface area contributed by atoms with Crippen LogP contribution in [0.25, 0.3) is 0 Å². The number of fused-ring (bicyclic) bond motifs is 1. The summed E-state index contributed by atoms with van der Waals surface area (Å²) in [4.78, 5) is 13.2. The van der Waals surface area contributed by atoms with Gasteiger partial charge in [-0.15, -0.1) is 0 Å². The molecular formula is C11H18F2N2O. The molecule has 1 heterocycles. The van der Waals surface area contributed by atoms with Gasteiger partial charge in [-0.2, -0.15) is 0 Å². The molecule has 0 radical (unpaired) electrons. The smallest absolute Gasteiger partial charge is 0.252 e. The first-order valence-electron chi connectivity index (χ1n) is 5.84. The van der Waals surface area contributed by atoms with E-state index in [1.54, 1.807) is 6.92 Å². The summed E-state index contributed by atoms with van der Waals surface area (Å²) in [7, 11) is 0. The number of halogens is 2. The molecule has 1 aliphatic carbocycles. The summed E-state index contributed by atoms with van der Waals surface area (Å²) in [5.74, 6) is -3.49. The average molecular weight is 232 g/mol. The second-order valence-electron chi connectivity index (χ2n) is 5.05. The Kier molecular flexibility index (Phi) is 2.90. The Morgan fingerprint density at radius 1 is 1.50 bits per heavy atom. The van der Waals surface area contributed by atoms with Crippen molar-refractivity contribution in [3.05, 3.63) is 0 Å². The minimum absolute atomic E-state index is 0.0334. The number of rotatable bonds is 1. The van der Waals surface area contributed by atoms with E-state index in [2.05, 4.69) is 0 Å². The number of nitrogens with two attached hydrogens (primary N) is 1. The third kappa shape index (κ3) is 1.93. The van der Waals surface area contributed by atoms with E-state index in [1.165, 1.54) is 4.90 Å². The van der Waals surface area contributed by atoms with Crippen LogP contribution in [0.2, 0.25) is 0 Å². The summed E-state index contributed by atoms with van der Waals surface area (Å²) in [5.41, 5.74) is 5.49. The number of nitrogens with zero attached hydrogens (tertiary/aromatic N) is 1. The topological polar surface area (TPSA) is 46.3 Å². The average Bonchev–Trinajstić information content (AvgIpc) is 2.61. The maximum absolute atomic E-state index is 13.6. The van der Waals surface area contributed by atoms with E-state index in [9.17, 15) is 13.6 Å². The second kappa shape index (κ2) is 3.95. The first-order valence-corrected chi connectivity index (χ1v) is 5.84. The van der Waals surface area contributed by atoms with Crippen LogP contribution in [0.3, 0.4) is 0 Å². The van der Waals surface area contributed by atoms with Gasteiger partial charge in [-0.25, -0.2) is 8.78 Å². The number of carbonyl (C=O) groups excluding carboxylic acids is 1. The summed E-state index contributed by atoms with van der Waals surface area (Å²) >= 11 is 0. The number of carbonyl (C=O) groups is 1. The molecule has 92 valence electrons. The van der Waals surface area contributed by atoms with Crippen LogP contribution < -0.4 is 5.73 Å². The van der Waals surface area contributed by atoms with E-state index in [1.807, 2.05) is 0 Å². The van der Waals surface area contributed by atoms with Gasteiger partial charge >= 0.3 is 0 Å². The molecular weight excluding hydrogens is 214 g/mol. The molecule has 2 aliphatic rings. The maximum Gasteiger partial charge on any atom is 0.252 e. The molecule has 3 nitrogen and oxygen atoms in total. The predicted octanol–water partition coefficient (Wildman–Crippen LogP) is 1.23. The summed E-state index contributed by atoms with van der Waals surface area (Å²) in [5, 5.41) is 0. The molecule has 5 heteroatoms. The first kappa shape index (κ1) is 11.8. The van der Waals surface area contributed by atoms with Gasteiger partial charge in [0.1, 0.15) is 0 Å². The minimum Gasteiger partial charge on any atom is -0.341 e. The minimum atomic E-state index is -2.60. The van der Waals surface area contributed by atoms with Crippen molar-refractivity contribution in [1.29, 1.82) is 0 Å². The van der Waals surface area contributed by atoms with Crippen LogP contribution in [0, 0.1) is 11.8 Å². The molecule has 0 spiro atoms. The van der Waals surface area contributed by atoms with E-state index in [0.717, 1.165) is 6.42 Å². The molecule has 1 saturated heterocycles. The molecule has 3 atom stereocenters. The molecule has 16 heavy (non-hydrogen) atoms. The Morgan fingerprint density at radius 2 is 2.19 bits per heavy atom. The maximum atomic E-state index is 13.6. The molecule has 0 aromatic carbocycles. The van der Waals surface area contributed by atoms with Crippen LogP contribution in [0.15, 0.2) is 0 Å². The molecule has 1 saturated carbocycles. The van der Waals surface area contributed by atoms with E-state index < -0.39 is 17.9 Å². The van der Waals surface area contributed by atoms with Crippen LogP contribution in [-0.4, -0.2) is 35.9 Å². The van der Waals surface area contributed by atoms with Gasteiger partial charge in [0.15, 0.2) is 0 Å². The Bertz CT molecular complexity index is 294. The lowest BCUT2D eigenvalue weighted by Crippen LogP contribution is -2.42. The fourth-order valence-corrected chi connectivity index (χ4v) is 2.90. The van der Waals surface area contributed by atoms with Crippen LogP contribution in [-0.2, 0) is 4.79 Å². The lowest BCUT2D eigenvalue weighted by Gasteiger charge is -2.32. The van der Waals surface area contributed by atoms with Gasteiger partial charge in [0.25, 0.3) is 5.92 Å². The van der Waals surface area contributed by atoms with Crippen molar-refractivity contribution in [1.82, 2.24) is 4.90 Å². The lowest BCUT2D eigenvalue weighted by atomic mass is 9.79. The third-order valence-electron chi connectivity index (χ3n) is 3.77. The van der Waals surface area contributed by atoms with Crippen LogP contribution >= 0.6 is 0 Å². The zero-order valence-corrected chi connectivity index (χ0v) is 9.46. The quantitative estimate of drug-likeness (QED) is 0.739. The summed E-state index contributed by atoms with van der Waals surface area (Å²) in [6.07, 6.45) is 1.34. The molecule has 2 rings (SSSR count). The fourth-order valence-electron chi connectivity index (χ4n) is 2.90. The summed E-state index contributed by atoms with van der Waals surface area (Å²) in [6, 6.07) is -0.589. The van der Waals surface area contributed by atoms with Crippen molar-refractivity contribution in [2.24, 2.45) is 17.6 Å². The summed E-state index contributed by atoms with van der Waals surface area (Å²) in [6.45, 7) is 2.24. The van der Waals surface area contributed by atoms with Crippen molar-refractivity contribution < 1.29 is 13.6 Å². The normalized spacial score (nSPS) is 34.6. The highest BCUT2D eigenvalue weighted by Crippen LogP contribution is 2.45. The van der Waals surface area contributed by atoms with Crippen molar-refractivity contribution in [3.8, 4) is 0 Å². The third-order valence-corrected chi connectivity index (χ3v) is 3.77. The molecule has 1 aliphatic heterocycles. The highest BCUT2D eigenvalue weighted by molar-refractivity contribution is 5.81. The number of hydrogen-bond acceptors (Lipinski definition) is 2. The van der Waals surface area contributed by atoms with E-state index >= 15 is 0 Å². The Hall–Kier alpha value is -0.710. The zero-order valence-electron chi connectivity index (χ0n) is 9.46. The van der Waals surface area contributed by atoms with E-state index in [4.69, 9.17) is 5.73 Å². The number of hydrogen-bond donors (Lipinski definition) is 1. The second-order valence-corrected chi connectivity index (χ2v) is 5.05. The van der Waals surface area contributed by atoms with Gasteiger partial charge < -0.3 is 10.6 Å². The zero-order chi connectivity index (χ0) is 11.9. The van der Waals surface area contributed by atoms with Crippen molar-refractivity contribution in [2.45, 2.75) is 38.2 Å². The highest BCUT2D eigenvalue weighted by Gasteiger charge is 2.51. The van der Waals surface area contributed by atoms with E-state index in [0.29, 0.717) is 13.0 Å². The Balaban J connectivity index is 2.08. The van der Waals surface area contributed by atoms with Crippen LogP contribution in [0.1, 0.15) is 26.2 Å².